The molecular weight excluding hydrogens is 260 g/mol. The van der Waals surface area contributed by atoms with Crippen LogP contribution in [0.1, 0.15) is 30.1 Å². The maximum atomic E-state index is 12.0. The summed E-state index contributed by atoms with van der Waals surface area (Å²) in [5.41, 5.74) is 0.233. The number of carbonyl (C=O) groups excluding carboxylic acids is 2. The minimum Gasteiger partial charge on any atom is -0.487 e. The van der Waals surface area contributed by atoms with Crippen molar-refractivity contribution in [3.8, 4) is 5.75 Å². The van der Waals surface area contributed by atoms with Gasteiger partial charge >= 0.3 is 5.97 Å². The molecule has 1 saturated heterocycles. The van der Waals surface area contributed by atoms with Crippen LogP contribution < -0.4 is 4.74 Å². The summed E-state index contributed by atoms with van der Waals surface area (Å²) in [6.07, 6.45) is 1.72. The third-order valence-corrected chi connectivity index (χ3v) is 3.00. The summed E-state index contributed by atoms with van der Waals surface area (Å²) in [6, 6.07) is 6.71. The Bertz CT molecular complexity index is 477. The molecule has 0 amide bonds. The van der Waals surface area contributed by atoms with Gasteiger partial charge in [0.15, 0.2) is 0 Å². The topological polar surface area (TPSA) is 61.8 Å². The molecule has 1 aromatic rings. The minimum absolute atomic E-state index is 0.0834. The standard InChI is InChI=1S/C15H18O5/c1-2-19-15(17)14(16)12-7-3-4-8-13(12)20-11-6-5-9-18-10-11/h3-4,7-8,11H,2,5-6,9-10H2,1H3. The Balaban J connectivity index is 2.12. The summed E-state index contributed by atoms with van der Waals surface area (Å²) in [6.45, 7) is 3.07. The predicted molar refractivity (Wildman–Crippen MR) is 71.9 cm³/mol. The maximum absolute atomic E-state index is 12.0. The number of esters is 1. The first-order chi connectivity index (χ1) is 9.72. The van der Waals surface area contributed by atoms with E-state index in [-0.39, 0.29) is 18.3 Å². The molecule has 1 aromatic carbocycles. The number of rotatable bonds is 5. The molecule has 1 fully saturated rings. The quantitative estimate of drug-likeness (QED) is 0.468. The van der Waals surface area contributed by atoms with Gasteiger partial charge in [-0.3, -0.25) is 4.79 Å². The van der Waals surface area contributed by atoms with Crippen molar-refractivity contribution in [1.29, 1.82) is 0 Å². The molecule has 0 aromatic heterocycles. The molecule has 5 heteroatoms. The fraction of sp³-hybridized carbons (Fsp3) is 0.467. The molecule has 1 atom stereocenters. The molecule has 1 aliphatic rings. The molecule has 2 rings (SSSR count). The van der Waals surface area contributed by atoms with Gasteiger partial charge in [-0.05, 0) is 31.9 Å². The summed E-state index contributed by atoms with van der Waals surface area (Å²) in [5.74, 6) is -1.14. The van der Waals surface area contributed by atoms with Gasteiger partial charge in [0.2, 0.25) is 0 Å². The van der Waals surface area contributed by atoms with Crippen LogP contribution in [0.4, 0.5) is 0 Å². The zero-order chi connectivity index (χ0) is 14.4. The van der Waals surface area contributed by atoms with Crippen molar-refractivity contribution in [2.24, 2.45) is 0 Å². The molecule has 1 heterocycles. The van der Waals surface area contributed by atoms with Crippen LogP contribution in [0, 0.1) is 0 Å². The molecule has 1 aliphatic heterocycles. The second-order valence-electron chi connectivity index (χ2n) is 4.50. The lowest BCUT2D eigenvalue weighted by Crippen LogP contribution is -2.29. The molecule has 0 bridgehead atoms. The average Bonchev–Trinajstić information content (AvgIpc) is 2.48. The van der Waals surface area contributed by atoms with E-state index in [1.807, 2.05) is 0 Å². The third kappa shape index (κ3) is 3.57. The van der Waals surface area contributed by atoms with Crippen LogP contribution in [0.25, 0.3) is 0 Å². The second-order valence-corrected chi connectivity index (χ2v) is 4.50. The van der Waals surface area contributed by atoms with Gasteiger partial charge in [0, 0.05) is 6.61 Å². The van der Waals surface area contributed by atoms with E-state index in [1.165, 1.54) is 0 Å². The Labute approximate surface area is 117 Å². The van der Waals surface area contributed by atoms with Crippen molar-refractivity contribution in [2.45, 2.75) is 25.9 Å². The molecule has 0 spiro atoms. The maximum Gasteiger partial charge on any atom is 0.379 e. The lowest BCUT2D eigenvalue weighted by Gasteiger charge is -2.24. The number of Topliss-reactive ketones (excluding diaryl/α,β-unsaturated/α-hetero) is 1. The lowest BCUT2D eigenvalue weighted by atomic mass is 10.1. The fourth-order valence-electron chi connectivity index (χ4n) is 2.05. The molecule has 0 radical (unpaired) electrons. The van der Waals surface area contributed by atoms with E-state index in [9.17, 15) is 9.59 Å². The second kappa shape index (κ2) is 7.05. The third-order valence-electron chi connectivity index (χ3n) is 3.00. The molecule has 0 saturated carbocycles. The summed E-state index contributed by atoms with van der Waals surface area (Å²) in [5, 5.41) is 0. The molecule has 20 heavy (non-hydrogen) atoms. The van der Waals surface area contributed by atoms with Gasteiger partial charge in [-0.1, -0.05) is 12.1 Å². The first kappa shape index (κ1) is 14.5. The summed E-state index contributed by atoms with van der Waals surface area (Å²) >= 11 is 0. The first-order valence-corrected chi connectivity index (χ1v) is 6.77. The van der Waals surface area contributed by atoms with E-state index in [0.29, 0.717) is 12.4 Å². The van der Waals surface area contributed by atoms with Crippen LogP contribution in [0.15, 0.2) is 24.3 Å². The Morgan fingerprint density at radius 3 is 2.85 bits per heavy atom. The van der Waals surface area contributed by atoms with Crippen molar-refractivity contribution in [2.75, 3.05) is 19.8 Å². The summed E-state index contributed by atoms with van der Waals surface area (Å²) < 4.78 is 15.9. The fourth-order valence-corrected chi connectivity index (χ4v) is 2.05. The minimum atomic E-state index is -0.858. The van der Waals surface area contributed by atoms with Gasteiger partial charge in [-0.15, -0.1) is 0 Å². The van der Waals surface area contributed by atoms with Crippen molar-refractivity contribution in [1.82, 2.24) is 0 Å². The van der Waals surface area contributed by atoms with E-state index < -0.39 is 11.8 Å². The summed E-state index contributed by atoms with van der Waals surface area (Å²) in [7, 11) is 0. The predicted octanol–water partition coefficient (Wildman–Crippen LogP) is 1.99. The van der Waals surface area contributed by atoms with E-state index in [0.717, 1.165) is 19.4 Å². The molecule has 5 nitrogen and oxygen atoms in total. The van der Waals surface area contributed by atoms with Gasteiger partial charge < -0.3 is 14.2 Å². The molecular formula is C15H18O5. The largest absolute Gasteiger partial charge is 0.487 e. The summed E-state index contributed by atoms with van der Waals surface area (Å²) in [4.78, 5) is 23.5. The van der Waals surface area contributed by atoms with Gasteiger partial charge in [-0.2, -0.15) is 0 Å². The van der Waals surface area contributed by atoms with Crippen LogP contribution in [0.2, 0.25) is 0 Å². The number of carbonyl (C=O) groups is 2. The van der Waals surface area contributed by atoms with Crippen LogP contribution >= 0.6 is 0 Å². The highest BCUT2D eigenvalue weighted by molar-refractivity contribution is 6.41. The molecule has 0 aliphatic carbocycles. The zero-order valence-electron chi connectivity index (χ0n) is 11.5. The van der Waals surface area contributed by atoms with E-state index in [2.05, 4.69) is 0 Å². The van der Waals surface area contributed by atoms with Gasteiger partial charge in [0.05, 0.1) is 18.8 Å². The highest BCUT2D eigenvalue weighted by Crippen LogP contribution is 2.22. The van der Waals surface area contributed by atoms with Gasteiger partial charge in [0.1, 0.15) is 11.9 Å². The van der Waals surface area contributed by atoms with Crippen molar-refractivity contribution >= 4 is 11.8 Å². The van der Waals surface area contributed by atoms with Crippen molar-refractivity contribution < 1.29 is 23.8 Å². The highest BCUT2D eigenvalue weighted by Gasteiger charge is 2.23. The zero-order valence-corrected chi connectivity index (χ0v) is 11.5. The number of benzene rings is 1. The van der Waals surface area contributed by atoms with Gasteiger partial charge in [0.25, 0.3) is 5.78 Å². The number of ether oxygens (including phenoxy) is 3. The number of para-hydroxylation sites is 1. The Hall–Kier alpha value is -1.88. The van der Waals surface area contributed by atoms with E-state index >= 15 is 0 Å². The Kier molecular flexibility index (Phi) is 5.12. The first-order valence-electron chi connectivity index (χ1n) is 6.77. The van der Waals surface area contributed by atoms with Crippen LogP contribution in [0.5, 0.6) is 5.75 Å². The molecule has 0 N–H and O–H groups in total. The Morgan fingerprint density at radius 2 is 2.15 bits per heavy atom. The van der Waals surface area contributed by atoms with E-state index in [4.69, 9.17) is 14.2 Å². The number of hydrogen-bond donors (Lipinski definition) is 0. The molecule has 1 unspecified atom stereocenters. The normalized spacial score (nSPS) is 18.4. The molecule has 108 valence electrons. The van der Waals surface area contributed by atoms with Crippen molar-refractivity contribution in [3.63, 3.8) is 0 Å². The van der Waals surface area contributed by atoms with Crippen LogP contribution in [0.3, 0.4) is 0 Å². The van der Waals surface area contributed by atoms with Crippen molar-refractivity contribution in [3.05, 3.63) is 29.8 Å². The smallest absolute Gasteiger partial charge is 0.379 e. The average molecular weight is 278 g/mol. The van der Waals surface area contributed by atoms with Crippen LogP contribution in [-0.4, -0.2) is 37.7 Å². The lowest BCUT2D eigenvalue weighted by molar-refractivity contribution is -0.137. The number of ketones is 1. The highest BCUT2D eigenvalue weighted by atomic mass is 16.5. The SMILES string of the molecule is CCOC(=O)C(=O)c1ccccc1OC1CCCOC1. The van der Waals surface area contributed by atoms with Crippen LogP contribution in [-0.2, 0) is 14.3 Å². The van der Waals surface area contributed by atoms with E-state index in [1.54, 1.807) is 31.2 Å². The Morgan fingerprint density at radius 1 is 1.35 bits per heavy atom. The van der Waals surface area contributed by atoms with Gasteiger partial charge in [-0.25, -0.2) is 4.79 Å². The monoisotopic (exact) mass is 278 g/mol. The number of hydrogen-bond acceptors (Lipinski definition) is 5.